The average molecular weight is 474 g/mol. The number of methoxy groups -OCH3 is 2. The van der Waals surface area contributed by atoms with Crippen LogP contribution in [0.5, 0.6) is 17.2 Å². The number of ether oxygens (including phenoxy) is 3. The Morgan fingerprint density at radius 3 is 2.32 bits per heavy atom. The van der Waals surface area contributed by atoms with Crippen molar-refractivity contribution in [1.29, 1.82) is 0 Å². The molecule has 1 aromatic heterocycles. The van der Waals surface area contributed by atoms with E-state index in [1.54, 1.807) is 53.1 Å². The molecule has 31 heavy (non-hydrogen) atoms. The number of carbonyl (C=O) groups is 1. The number of hydrogen-bond donors (Lipinski definition) is 0. The third-order valence-corrected chi connectivity index (χ3v) is 8.67. The molecular formula is C23H23NO4S3. The van der Waals surface area contributed by atoms with E-state index in [9.17, 15) is 4.79 Å². The molecule has 0 saturated heterocycles. The second-order valence-corrected chi connectivity index (χ2v) is 10.4. The fourth-order valence-electron chi connectivity index (χ4n) is 3.89. The van der Waals surface area contributed by atoms with E-state index in [1.165, 1.54) is 0 Å². The van der Waals surface area contributed by atoms with Crippen LogP contribution in [0.25, 0.3) is 11.1 Å². The van der Waals surface area contributed by atoms with Gasteiger partial charge in [-0.25, -0.2) is 0 Å². The van der Waals surface area contributed by atoms with Crippen molar-refractivity contribution in [3.63, 3.8) is 0 Å². The Morgan fingerprint density at radius 1 is 1.03 bits per heavy atom. The largest absolute Gasteiger partial charge is 0.497 e. The molecule has 0 fully saturated rings. The number of rotatable bonds is 5. The van der Waals surface area contributed by atoms with Gasteiger partial charge in [-0.1, -0.05) is 32.9 Å². The van der Waals surface area contributed by atoms with Gasteiger partial charge >= 0.3 is 0 Å². The molecule has 0 N–H and O–H groups in total. The molecule has 0 radical (unpaired) electrons. The molecule has 162 valence electrons. The van der Waals surface area contributed by atoms with Crippen molar-refractivity contribution >= 4 is 44.5 Å². The Morgan fingerprint density at radius 2 is 1.71 bits per heavy atom. The van der Waals surface area contributed by atoms with E-state index in [0.717, 1.165) is 31.3 Å². The first-order valence-corrected chi connectivity index (χ1v) is 12.4. The van der Waals surface area contributed by atoms with Crippen LogP contribution in [0, 0.1) is 3.82 Å². The normalized spacial score (nSPS) is 13.9. The van der Waals surface area contributed by atoms with E-state index in [1.807, 2.05) is 30.0 Å². The highest BCUT2D eigenvalue weighted by Crippen LogP contribution is 2.53. The maximum absolute atomic E-state index is 13.9. The molecule has 2 heterocycles. The summed E-state index contributed by atoms with van der Waals surface area (Å²) in [6.45, 7) is 6.62. The predicted molar refractivity (Wildman–Crippen MR) is 129 cm³/mol. The van der Waals surface area contributed by atoms with Crippen LogP contribution in [0.3, 0.4) is 0 Å². The minimum Gasteiger partial charge on any atom is -0.497 e. The Labute approximate surface area is 194 Å². The number of carbonyl (C=O) groups excluding carboxylic acids is 1. The second-order valence-electron chi connectivity index (χ2n) is 7.57. The molecule has 0 unspecified atom stereocenters. The van der Waals surface area contributed by atoms with E-state index in [4.69, 9.17) is 26.4 Å². The minimum absolute atomic E-state index is 0.137. The number of hydrogen-bond acceptors (Lipinski definition) is 7. The molecule has 8 heteroatoms. The number of nitrogens with zero attached hydrogens (tertiary/aromatic N) is 1. The monoisotopic (exact) mass is 473 g/mol. The lowest BCUT2D eigenvalue weighted by Gasteiger charge is -2.43. The number of anilines is 1. The minimum atomic E-state index is -0.582. The third-order valence-electron chi connectivity index (χ3n) is 5.34. The molecule has 4 rings (SSSR count). The summed E-state index contributed by atoms with van der Waals surface area (Å²) in [7, 11) is 6.34. The van der Waals surface area contributed by atoms with Gasteiger partial charge in [-0.05, 0) is 51.1 Å². The van der Waals surface area contributed by atoms with Crippen LogP contribution in [0.2, 0.25) is 0 Å². The fourth-order valence-corrected chi connectivity index (χ4v) is 7.17. The third kappa shape index (κ3) is 3.62. The molecule has 3 aromatic rings. The highest BCUT2D eigenvalue weighted by Gasteiger charge is 2.43. The molecule has 5 nitrogen and oxygen atoms in total. The van der Waals surface area contributed by atoms with Gasteiger partial charge in [0.1, 0.15) is 21.1 Å². The topological polar surface area (TPSA) is 48.0 Å². The van der Waals surface area contributed by atoms with Gasteiger partial charge < -0.3 is 14.2 Å². The number of fused-ring (bicyclic) bond motifs is 3. The van der Waals surface area contributed by atoms with Gasteiger partial charge in [0.05, 0.1) is 36.9 Å². The average Bonchev–Trinajstić information content (AvgIpc) is 3.16. The van der Waals surface area contributed by atoms with Crippen LogP contribution in [-0.4, -0.2) is 26.7 Å². The summed E-state index contributed by atoms with van der Waals surface area (Å²) in [5, 5.41) is 0. The first kappa shape index (κ1) is 21.8. The SMILES string of the molecule is CCOc1ccc2c(c1)-c1c(ssc1=S)C(C)(C)N2C(=O)c1cc(OC)cc(OC)c1. The first-order chi connectivity index (χ1) is 14.8. The summed E-state index contributed by atoms with van der Waals surface area (Å²) in [5.74, 6) is 1.75. The van der Waals surface area contributed by atoms with Crippen LogP contribution in [0.15, 0.2) is 36.4 Å². The summed E-state index contributed by atoms with van der Waals surface area (Å²) >= 11 is 5.67. The van der Waals surface area contributed by atoms with Crippen LogP contribution in [0.1, 0.15) is 36.0 Å². The van der Waals surface area contributed by atoms with E-state index < -0.39 is 5.54 Å². The standard InChI is InChI=1S/C23H23NO4S3/c1-6-28-14-7-8-18-17(12-14)19-20(30-31-22(19)29)23(2,3)24(18)21(25)13-9-15(26-4)11-16(10-13)27-5/h7-12H,6H2,1-5H3. The Kier molecular flexibility index (Phi) is 5.81. The summed E-state index contributed by atoms with van der Waals surface area (Å²) in [4.78, 5) is 16.8. The molecule has 0 bridgehead atoms. The van der Waals surface area contributed by atoms with Gasteiger partial charge in [0.25, 0.3) is 5.91 Å². The first-order valence-electron chi connectivity index (χ1n) is 9.80. The van der Waals surface area contributed by atoms with Crippen molar-refractivity contribution in [3.8, 4) is 28.4 Å². The highest BCUT2D eigenvalue weighted by atomic mass is 32.9. The van der Waals surface area contributed by atoms with Gasteiger partial charge in [-0.2, -0.15) is 0 Å². The molecule has 0 spiro atoms. The van der Waals surface area contributed by atoms with E-state index in [2.05, 4.69) is 13.8 Å². The van der Waals surface area contributed by atoms with Gasteiger partial charge in [0.2, 0.25) is 0 Å². The molecule has 2 aromatic carbocycles. The van der Waals surface area contributed by atoms with Crippen LogP contribution in [-0.2, 0) is 5.54 Å². The summed E-state index contributed by atoms with van der Waals surface area (Å²) in [6, 6.07) is 11.0. The maximum Gasteiger partial charge on any atom is 0.259 e. The smallest absolute Gasteiger partial charge is 0.259 e. The lowest BCUT2D eigenvalue weighted by atomic mass is 9.86. The zero-order valence-electron chi connectivity index (χ0n) is 18.0. The highest BCUT2D eigenvalue weighted by molar-refractivity contribution is 7.80. The van der Waals surface area contributed by atoms with E-state index in [-0.39, 0.29) is 5.91 Å². The number of benzene rings is 2. The molecule has 1 aliphatic heterocycles. The van der Waals surface area contributed by atoms with Crippen LogP contribution >= 0.6 is 32.9 Å². The lowest BCUT2D eigenvalue weighted by molar-refractivity contribution is 0.0961. The van der Waals surface area contributed by atoms with Crippen molar-refractivity contribution in [2.75, 3.05) is 25.7 Å². The van der Waals surface area contributed by atoms with E-state index in [0.29, 0.717) is 23.7 Å². The van der Waals surface area contributed by atoms with Gasteiger partial charge in [-0.15, -0.1) is 0 Å². The van der Waals surface area contributed by atoms with Crippen molar-refractivity contribution in [3.05, 3.63) is 50.7 Å². The predicted octanol–water partition coefficient (Wildman–Crippen LogP) is 6.52. The lowest BCUT2D eigenvalue weighted by Crippen LogP contribution is -2.47. The second kappa shape index (κ2) is 8.26. The summed E-state index contributed by atoms with van der Waals surface area (Å²) in [6.07, 6.45) is 0. The molecule has 0 aliphatic carbocycles. The van der Waals surface area contributed by atoms with Crippen LogP contribution in [0.4, 0.5) is 5.69 Å². The molecule has 1 amide bonds. The van der Waals surface area contributed by atoms with Crippen molar-refractivity contribution in [1.82, 2.24) is 0 Å². The Balaban J connectivity index is 1.93. The van der Waals surface area contributed by atoms with Gasteiger partial charge in [0.15, 0.2) is 0 Å². The fraction of sp³-hybridized carbons (Fsp3) is 0.304. The molecule has 0 saturated carbocycles. The van der Waals surface area contributed by atoms with Crippen molar-refractivity contribution in [2.45, 2.75) is 26.3 Å². The van der Waals surface area contributed by atoms with Crippen molar-refractivity contribution in [2.24, 2.45) is 0 Å². The van der Waals surface area contributed by atoms with Gasteiger partial charge in [-0.3, -0.25) is 9.69 Å². The maximum atomic E-state index is 13.9. The van der Waals surface area contributed by atoms with Crippen LogP contribution < -0.4 is 19.1 Å². The quantitative estimate of drug-likeness (QED) is 0.312. The summed E-state index contributed by atoms with van der Waals surface area (Å²) in [5.41, 5.74) is 2.67. The number of amides is 1. The Bertz CT molecular complexity index is 1190. The molecule has 0 atom stereocenters. The zero-order valence-corrected chi connectivity index (χ0v) is 20.4. The summed E-state index contributed by atoms with van der Waals surface area (Å²) < 4.78 is 17.3. The van der Waals surface area contributed by atoms with E-state index >= 15 is 0 Å². The van der Waals surface area contributed by atoms with Crippen molar-refractivity contribution < 1.29 is 19.0 Å². The van der Waals surface area contributed by atoms with Gasteiger partial charge in [0, 0.05) is 22.8 Å². The zero-order chi connectivity index (χ0) is 22.3. The molecule has 1 aliphatic rings. The Hall–Kier alpha value is -2.42. The molecular weight excluding hydrogens is 450 g/mol.